The minimum atomic E-state index is -3.55. The summed E-state index contributed by atoms with van der Waals surface area (Å²) in [6, 6.07) is 9.49. The lowest BCUT2D eigenvalue weighted by atomic mass is 10.0. The van der Waals surface area contributed by atoms with Crippen molar-refractivity contribution >= 4 is 33.2 Å². The normalized spacial score (nSPS) is 18.3. The van der Waals surface area contributed by atoms with E-state index < -0.39 is 21.7 Å². The molecule has 1 aliphatic rings. The van der Waals surface area contributed by atoms with E-state index in [0.717, 1.165) is 25.0 Å². The van der Waals surface area contributed by atoms with Crippen LogP contribution in [0.2, 0.25) is 5.02 Å². The molecule has 1 aliphatic heterocycles. The van der Waals surface area contributed by atoms with Gasteiger partial charge in [-0.15, -0.1) is 0 Å². The summed E-state index contributed by atoms with van der Waals surface area (Å²) < 4.78 is 40.1. The van der Waals surface area contributed by atoms with Gasteiger partial charge in [0.25, 0.3) is 5.91 Å². The average molecular weight is 411 g/mol. The van der Waals surface area contributed by atoms with E-state index in [0.29, 0.717) is 24.7 Å². The highest BCUT2D eigenvalue weighted by atomic mass is 35.5. The number of halogens is 2. The SMILES string of the molecule is CC1CCCN(S(=O)(=O)c2ccc(NC(=O)c3ccc(F)cc3Cl)cc2)C1. The van der Waals surface area contributed by atoms with E-state index in [1.54, 1.807) is 0 Å². The van der Waals surface area contributed by atoms with Gasteiger partial charge < -0.3 is 5.32 Å². The molecule has 2 aromatic carbocycles. The lowest BCUT2D eigenvalue weighted by Crippen LogP contribution is -2.39. The van der Waals surface area contributed by atoms with Crippen molar-refractivity contribution in [3.8, 4) is 0 Å². The van der Waals surface area contributed by atoms with Gasteiger partial charge in [-0.25, -0.2) is 12.8 Å². The number of nitrogens with zero attached hydrogens (tertiary/aromatic N) is 1. The fraction of sp³-hybridized carbons (Fsp3) is 0.316. The molecule has 0 spiro atoms. The monoisotopic (exact) mass is 410 g/mol. The molecule has 1 N–H and O–H groups in total. The number of carbonyl (C=O) groups is 1. The van der Waals surface area contributed by atoms with Crippen molar-refractivity contribution in [1.29, 1.82) is 0 Å². The Morgan fingerprint density at radius 1 is 1.22 bits per heavy atom. The topological polar surface area (TPSA) is 66.5 Å². The Morgan fingerprint density at radius 2 is 1.93 bits per heavy atom. The van der Waals surface area contributed by atoms with Gasteiger partial charge in [0.1, 0.15) is 5.82 Å². The molecule has 8 heteroatoms. The molecule has 1 atom stereocenters. The lowest BCUT2D eigenvalue weighted by molar-refractivity contribution is 0.102. The molecule has 0 aliphatic carbocycles. The Kier molecular flexibility index (Phi) is 5.83. The number of anilines is 1. The Bertz CT molecular complexity index is 948. The molecule has 0 radical (unpaired) electrons. The molecule has 1 saturated heterocycles. The number of hydrogen-bond donors (Lipinski definition) is 1. The summed E-state index contributed by atoms with van der Waals surface area (Å²) in [5.74, 6) is -0.689. The van der Waals surface area contributed by atoms with Gasteiger partial charge in [0.2, 0.25) is 10.0 Å². The zero-order valence-electron chi connectivity index (χ0n) is 14.8. The van der Waals surface area contributed by atoms with Gasteiger partial charge in [0.05, 0.1) is 15.5 Å². The largest absolute Gasteiger partial charge is 0.322 e. The van der Waals surface area contributed by atoms with E-state index >= 15 is 0 Å². The van der Waals surface area contributed by atoms with Crippen LogP contribution in [0, 0.1) is 11.7 Å². The fourth-order valence-corrected chi connectivity index (χ4v) is 4.95. The maximum atomic E-state index is 13.1. The van der Waals surface area contributed by atoms with Gasteiger partial charge in [-0.05, 0) is 61.2 Å². The van der Waals surface area contributed by atoms with Crippen molar-refractivity contribution in [2.45, 2.75) is 24.7 Å². The molecule has 1 amide bonds. The molecule has 0 aromatic heterocycles. The maximum Gasteiger partial charge on any atom is 0.257 e. The van der Waals surface area contributed by atoms with Crippen LogP contribution in [-0.2, 0) is 10.0 Å². The second-order valence-electron chi connectivity index (χ2n) is 6.71. The van der Waals surface area contributed by atoms with Crippen molar-refractivity contribution in [2.24, 2.45) is 5.92 Å². The molecular weight excluding hydrogens is 391 g/mol. The van der Waals surface area contributed by atoms with Crippen molar-refractivity contribution < 1.29 is 17.6 Å². The van der Waals surface area contributed by atoms with Crippen LogP contribution >= 0.6 is 11.6 Å². The van der Waals surface area contributed by atoms with Crippen LogP contribution in [0.3, 0.4) is 0 Å². The van der Waals surface area contributed by atoms with Gasteiger partial charge >= 0.3 is 0 Å². The van der Waals surface area contributed by atoms with Gasteiger partial charge in [-0.1, -0.05) is 18.5 Å². The van der Waals surface area contributed by atoms with E-state index in [1.807, 2.05) is 6.92 Å². The van der Waals surface area contributed by atoms with Crippen molar-refractivity contribution in [3.05, 3.63) is 58.9 Å². The molecule has 1 heterocycles. The fourth-order valence-electron chi connectivity index (χ4n) is 3.10. The van der Waals surface area contributed by atoms with Crippen molar-refractivity contribution in [2.75, 3.05) is 18.4 Å². The van der Waals surface area contributed by atoms with Crippen LogP contribution in [0.1, 0.15) is 30.1 Å². The molecular formula is C19H20ClFN2O3S. The Hall–Kier alpha value is -1.96. The summed E-state index contributed by atoms with van der Waals surface area (Å²) >= 11 is 5.89. The summed E-state index contributed by atoms with van der Waals surface area (Å²) in [5.41, 5.74) is 0.559. The summed E-state index contributed by atoms with van der Waals surface area (Å²) in [5, 5.41) is 2.63. The molecule has 1 fully saturated rings. The zero-order valence-corrected chi connectivity index (χ0v) is 16.4. The number of benzene rings is 2. The smallest absolute Gasteiger partial charge is 0.257 e. The van der Waals surface area contributed by atoms with E-state index in [-0.39, 0.29) is 15.5 Å². The first kappa shape index (κ1) is 19.8. The minimum absolute atomic E-state index is 0.00548. The Morgan fingerprint density at radius 3 is 2.56 bits per heavy atom. The number of sulfonamides is 1. The van der Waals surface area contributed by atoms with Gasteiger partial charge in [-0.3, -0.25) is 4.79 Å². The molecule has 1 unspecified atom stereocenters. The highest BCUT2D eigenvalue weighted by Gasteiger charge is 2.28. The van der Waals surface area contributed by atoms with E-state index in [9.17, 15) is 17.6 Å². The van der Waals surface area contributed by atoms with Crippen LogP contribution in [0.15, 0.2) is 47.4 Å². The van der Waals surface area contributed by atoms with Gasteiger partial charge in [-0.2, -0.15) is 4.31 Å². The third-order valence-corrected chi connectivity index (χ3v) is 6.74. The number of carbonyl (C=O) groups excluding carboxylic acids is 1. The van der Waals surface area contributed by atoms with Crippen LogP contribution in [0.5, 0.6) is 0 Å². The zero-order chi connectivity index (χ0) is 19.6. The maximum absolute atomic E-state index is 13.1. The Balaban J connectivity index is 1.74. The third-order valence-electron chi connectivity index (χ3n) is 4.55. The molecule has 0 bridgehead atoms. The predicted molar refractivity (Wildman–Crippen MR) is 103 cm³/mol. The minimum Gasteiger partial charge on any atom is -0.322 e. The average Bonchev–Trinajstić information content (AvgIpc) is 2.62. The predicted octanol–water partition coefficient (Wildman–Crippen LogP) is 4.15. The lowest BCUT2D eigenvalue weighted by Gasteiger charge is -2.30. The van der Waals surface area contributed by atoms with Crippen LogP contribution in [0.4, 0.5) is 10.1 Å². The first-order valence-corrected chi connectivity index (χ1v) is 10.5. The standard InChI is InChI=1S/C19H20ClFN2O3S/c1-13-3-2-10-23(12-13)27(25,26)16-7-5-15(6-8-16)22-19(24)17-9-4-14(21)11-18(17)20/h4-9,11,13H,2-3,10,12H2,1H3,(H,22,24). The summed E-state index contributed by atoms with van der Waals surface area (Å²) in [7, 11) is -3.55. The molecule has 27 heavy (non-hydrogen) atoms. The number of hydrogen-bond acceptors (Lipinski definition) is 3. The van der Waals surface area contributed by atoms with E-state index in [2.05, 4.69) is 5.32 Å². The van der Waals surface area contributed by atoms with Crippen LogP contribution in [-0.4, -0.2) is 31.7 Å². The van der Waals surface area contributed by atoms with Crippen molar-refractivity contribution in [3.63, 3.8) is 0 Å². The van der Waals surface area contributed by atoms with Crippen LogP contribution < -0.4 is 5.32 Å². The summed E-state index contributed by atoms with van der Waals surface area (Å²) in [4.78, 5) is 12.5. The van der Waals surface area contributed by atoms with Crippen LogP contribution in [0.25, 0.3) is 0 Å². The molecule has 5 nitrogen and oxygen atoms in total. The number of rotatable bonds is 4. The number of amides is 1. The quantitative estimate of drug-likeness (QED) is 0.823. The number of nitrogens with one attached hydrogen (secondary N) is 1. The van der Waals surface area contributed by atoms with Gasteiger partial charge in [0, 0.05) is 18.8 Å². The second-order valence-corrected chi connectivity index (χ2v) is 9.06. The van der Waals surface area contributed by atoms with E-state index in [4.69, 9.17) is 11.6 Å². The summed E-state index contributed by atoms with van der Waals surface area (Å²) in [6.07, 6.45) is 1.88. The second kappa shape index (κ2) is 7.96. The third kappa shape index (κ3) is 4.48. The highest BCUT2D eigenvalue weighted by molar-refractivity contribution is 7.89. The van der Waals surface area contributed by atoms with E-state index in [1.165, 1.54) is 34.6 Å². The molecule has 2 aromatic rings. The Labute approximate surface area is 163 Å². The van der Waals surface area contributed by atoms with Gasteiger partial charge in [0.15, 0.2) is 0 Å². The number of piperidine rings is 1. The molecule has 144 valence electrons. The first-order valence-electron chi connectivity index (χ1n) is 8.64. The molecule has 3 rings (SSSR count). The molecule has 0 saturated carbocycles. The summed E-state index contributed by atoms with van der Waals surface area (Å²) in [6.45, 7) is 3.08. The highest BCUT2D eigenvalue weighted by Crippen LogP contribution is 2.25. The van der Waals surface area contributed by atoms with Crippen molar-refractivity contribution in [1.82, 2.24) is 4.31 Å². The first-order chi connectivity index (χ1) is 12.8.